The molecule has 0 saturated heterocycles. The monoisotopic (exact) mass is 442 g/mol. The van der Waals surface area contributed by atoms with Gasteiger partial charge in [0.05, 0.1) is 10.8 Å². The largest absolute Gasteiger partial charge is 0.382 e. The van der Waals surface area contributed by atoms with Gasteiger partial charge < -0.3 is 14.4 Å². The summed E-state index contributed by atoms with van der Waals surface area (Å²) < 4.78 is 41.8. The van der Waals surface area contributed by atoms with Crippen molar-refractivity contribution in [2.75, 3.05) is 11.1 Å². The number of nitrogens with one attached hydrogen (secondary N) is 1. The Morgan fingerprint density at radius 3 is 2.59 bits per heavy atom. The summed E-state index contributed by atoms with van der Waals surface area (Å²) in [7, 11) is -3.64. The lowest BCUT2D eigenvalue weighted by Gasteiger charge is -2.29. The number of urea groups is 1. The minimum absolute atomic E-state index is 0.0835. The second-order valence-corrected chi connectivity index (χ2v) is 8.79. The van der Waals surface area contributed by atoms with Gasteiger partial charge in [-0.15, -0.1) is 0 Å². The minimum atomic E-state index is -3.64. The molecule has 0 saturated carbocycles. The van der Waals surface area contributed by atoms with Crippen molar-refractivity contribution in [2.45, 2.75) is 39.8 Å². The first-order valence-electron chi connectivity index (χ1n) is 9.19. The Balaban J connectivity index is 2.20. The van der Waals surface area contributed by atoms with Crippen LogP contribution < -0.4 is 9.50 Å². The van der Waals surface area contributed by atoms with Crippen molar-refractivity contribution < 1.29 is 21.8 Å². The smallest absolute Gasteiger partial charge is 0.322 e. The zero-order valence-electron chi connectivity index (χ0n) is 16.5. The second-order valence-electron chi connectivity index (χ2n) is 6.52. The molecule has 0 radical (unpaired) electrons. The first kappa shape index (κ1) is 23.0. The van der Waals surface area contributed by atoms with Crippen LogP contribution in [0.4, 0.5) is 14.9 Å². The lowest BCUT2D eigenvalue weighted by atomic mass is 10.1. The van der Waals surface area contributed by atoms with E-state index in [0.717, 1.165) is 0 Å². The van der Waals surface area contributed by atoms with Crippen molar-refractivity contribution in [3.8, 4) is 5.75 Å². The van der Waals surface area contributed by atoms with Crippen LogP contribution in [0.3, 0.4) is 0 Å². The highest BCUT2D eigenvalue weighted by molar-refractivity contribution is 7.87. The number of anilines is 1. The molecule has 2 aromatic rings. The maximum atomic E-state index is 13.3. The van der Waals surface area contributed by atoms with Crippen LogP contribution in [0, 0.1) is 5.82 Å². The van der Waals surface area contributed by atoms with Crippen molar-refractivity contribution in [3.63, 3.8) is 0 Å². The van der Waals surface area contributed by atoms with Crippen molar-refractivity contribution in [3.05, 3.63) is 58.9 Å². The van der Waals surface area contributed by atoms with Gasteiger partial charge in [0.25, 0.3) is 0 Å². The molecule has 6 nitrogen and oxygen atoms in total. The van der Waals surface area contributed by atoms with Gasteiger partial charge in [-0.1, -0.05) is 30.7 Å². The summed E-state index contributed by atoms with van der Waals surface area (Å²) in [6.07, 6.45) is 0.706. The van der Waals surface area contributed by atoms with Gasteiger partial charge in [0, 0.05) is 18.3 Å². The van der Waals surface area contributed by atoms with Crippen molar-refractivity contribution in [1.82, 2.24) is 4.90 Å². The number of hydrogen-bond donors (Lipinski definition) is 1. The van der Waals surface area contributed by atoms with Gasteiger partial charge in [-0.2, -0.15) is 8.42 Å². The topological polar surface area (TPSA) is 75.7 Å². The van der Waals surface area contributed by atoms with E-state index >= 15 is 0 Å². The van der Waals surface area contributed by atoms with Gasteiger partial charge in [0.2, 0.25) is 0 Å². The summed E-state index contributed by atoms with van der Waals surface area (Å²) >= 11 is 5.78. The highest BCUT2D eigenvalue weighted by Crippen LogP contribution is 2.22. The van der Waals surface area contributed by atoms with Gasteiger partial charge in [0.1, 0.15) is 11.6 Å². The number of benzene rings is 2. The number of hydrogen-bond acceptors (Lipinski definition) is 4. The van der Waals surface area contributed by atoms with Gasteiger partial charge in [-0.25, -0.2) is 9.18 Å². The summed E-state index contributed by atoms with van der Waals surface area (Å²) in [6.45, 7) is 5.58. The minimum Gasteiger partial charge on any atom is -0.382 e. The zero-order valence-corrected chi connectivity index (χ0v) is 18.1. The van der Waals surface area contributed by atoms with Crippen molar-refractivity contribution >= 4 is 33.4 Å². The summed E-state index contributed by atoms with van der Waals surface area (Å²) in [5.74, 6) is -0.514. The molecule has 0 aromatic heterocycles. The Morgan fingerprint density at radius 2 is 1.97 bits per heavy atom. The van der Waals surface area contributed by atoms with Crippen LogP contribution in [-0.2, 0) is 16.7 Å². The van der Waals surface area contributed by atoms with Gasteiger partial charge in [0.15, 0.2) is 0 Å². The molecule has 1 N–H and O–H groups in total. The molecule has 2 amide bonds. The van der Waals surface area contributed by atoms with E-state index in [1.807, 2.05) is 13.8 Å². The Kier molecular flexibility index (Phi) is 7.87. The average molecular weight is 443 g/mol. The van der Waals surface area contributed by atoms with Crippen LogP contribution in [0.2, 0.25) is 5.02 Å². The molecule has 0 fully saturated rings. The molecule has 0 spiro atoms. The van der Waals surface area contributed by atoms with Crippen molar-refractivity contribution in [2.24, 2.45) is 0 Å². The first-order valence-corrected chi connectivity index (χ1v) is 11.1. The van der Waals surface area contributed by atoms with Crippen LogP contribution >= 0.6 is 11.6 Å². The van der Waals surface area contributed by atoms with E-state index in [-0.39, 0.29) is 35.1 Å². The molecule has 0 bridgehead atoms. The fraction of sp³-hybridized carbons (Fsp3) is 0.350. The number of rotatable bonds is 8. The lowest BCUT2D eigenvalue weighted by molar-refractivity contribution is 0.187. The van der Waals surface area contributed by atoms with E-state index < -0.39 is 15.9 Å². The fourth-order valence-corrected chi connectivity index (χ4v) is 3.21. The predicted octanol–water partition coefficient (Wildman–Crippen LogP) is 5.04. The van der Waals surface area contributed by atoms with E-state index in [1.54, 1.807) is 29.2 Å². The molecule has 1 unspecified atom stereocenters. The standard InChI is InChI=1S/C20H24ClFN2O4S/c1-4-14(3)24(20(25)23-16-9-10-19(22)18(21)12-16)13-15-7-6-8-17(11-15)28-29(26,27)5-2/h6-12,14H,4-5,13H2,1-3H3,(H,23,25). The first-order chi connectivity index (χ1) is 13.6. The molecule has 0 aliphatic rings. The fourth-order valence-electron chi connectivity index (χ4n) is 2.52. The molecule has 1 atom stereocenters. The Labute approximate surface area is 175 Å². The third-order valence-corrected chi connectivity index (χ3v) is 5.83. The van der Waals surface area contributed by atoms with E-state index in [9.17, 15) is 17.6 Å². The van der Waals surface area contributed by atoms with E-state index in [4.69, 9.17) is 15.8 Å². The molecular weight excluding hydrogens is 419 g/mol. The summed E-state index contributed by atoms with van der Waals surface area (Å²) in [5, 5.41) is 2.63. The van der Waals surface area contributed by atoms with Crippen LogP contribution in [0.5, 0.6) is 5.75 Å². The SMILES string of the molecule is CCC(C)N(Cc1cccc(OS(=O)(=O)CC)c1)C(=O)Nc1ccc(F)c(Cl)c1. The molecule has 158 valence electrons. The molecule has 9 heteroatoms. The highest BCUT2D eigenvalue weighted by atomic mass is 35.5. The van der Waals surface area contributed by atoms with Crippen LogP contribution in [-0.4, -0.2) is 31.1 Å². The molecular formula is C20H24ClFN2O4S. The van der Waals surface area contributed by atoms with Gasteiger partial charge in [-0.3, -0.25) is 0 Å². The third kappa shape index (κ3) is 6.61. The summed E-state index contributed by atoms with van der Waals surface area (Å²) in [6, 6.07) is 10.1. The number of carbonyl (C=O) groups excluding carboxylic acids is 1. The Morgan fingerprint density at radius 1 is 1.24 bits per heavy atom. The highest BCUT2D eigenvalue weighted by Gasteiger charge is 2.20. The maximum Gasteiger partial charge on any atom is 0.322 e. The quantitative estimate of drug-likeness (QED) is 0.581. The number of amides is 2. The lowest BCUT2D eigenvalue weighted by Crippen LogP contribution is -2.40. The summed E-state index contributed by atoms with van der Waals surface area (Å²) in [5.41, 5.74) is 1.09. The van der Waals surface area contributed by atoms with Gasteiger partial charge in [-0.05, 0) is 56.2 Å². The Bertz CT molecular complexity index is 969. The summed E-state index contributed by atoms with van der Waals surface area (Å²) in [4.78, 5) is 14.4. The van der Waals surface area contributed by atoms with Crippen LogP contribution in [0.15, 0.2) is 42.5 Å². The molecule has 0 aliphatic heterocycles. The van der Waals surface area contributed by atoms with Crippen molar-refractivity contribution in [1.29, 1.82) is 0 Å². The third-order valence-electron chi connectivity index (χ3n) is 4.38. The normalized spacial score (nSPS) is 12.3. The number of carbonyl (C=O) groups is 1. The van der Waals surface area contributed by atoms with E-state index in [2.05, 4.69) is 5.32 Å². The molecule has 2 aromatic carbocycles. The maximum absolute atomic E-state index is 13.3. The number of nitrogens with zero attached hydrogens (tertiary/aromatic N) is 1. The molecule has 0 heterocycles. The predicted molar refractivity (Wildman–Crippen MR) is 112 cm³/mol. The zero-order chi connectivity index (χ0) is 21.6. The van der Waals surface area contributed by atoms with Crippen LogP contribution in [0.25, 0.3) is 0 Å². The van der Waals surface area contributed by atoms with Crippen LogP contribution in [0.1, 0.15) is 32.8 Å². The number of halogens is 2. The van der Waals surface area contributed by atoms with E-state index in [1.165, 1.54) is 25.1 Å². The molecule has 2 rings (SSSR count). The van der Waals surface area contributed by atoms with Gasteiger partial charge >= 0.3 is 16.1 Å². The molecule has 29 heavy (non-hydrogen) atoms. The average Bonchev–Trinajstić information content (AvgIpc) is 2.68. The Hall–Kier alpha value is -2.32. The second kappa shape index (κ2) is 9.93. The van der Waals surface area contributed by atoms with E-state index in [0.29, 0.717) is 17.7 Å². The molecule has 0 aliphatic carbocycles.